The molecule has 23 heavy (non-hydrogen) atoms. The molecule has 0 aromatic heterocycles. The van der Waals surface area contributed by atoms with Gasteiger partial charge in [0.1, 0.15) is 5.60 Å². The molecular weight excluding hydrogens is 290 g/mol. The summed E-state index contributed by atoms with van der Waals surface area (Å²) < 4.78 is 5.55. The lowest BCUT2D eigenvalue weighted by molar-refractivity contribution is 0.0213. The molecule has 3 N–H and O–H groups in total. The number of amides is 1. The standard InChI is InChI=1S/C18H35N3O2/c1-13(20-15-9-7-14(19)8-10-15)12-16-6-5-11-21(16)17(22)23-18(2,3)4/h13-16,20H,5-12,19H2,1-4H3. The molecule has 0 spiro atoms. The van der Waals surface area contributed by atoms with Gasteiger partial charge in [-0.05, 0) is 72.6 Å². The summed E-state index contributed by atoms with van der Waals surface area (Å²) in [6.07, 6.45) is 7.60. The molecular formula is C18H35N3O2. The van der Waals surface area contributed by atoms with Gasteiger partial charge in [-0.15, -0.1) is 0 Å². The first-order chi connectivity index (χ1) is 10.7. The molecule has 5 nitrogen and oxygen atoms in total. The van der Waals surface area contributed by atoms with Crippen molar-refractivity contribution in [2.24, 2.45) is 5.73 Å². The molecule has 0 aromatic rings. The van der Waals surface area contributed by atoms with E-state index in [-0.39, 0.29) is 6.09 Å². The van der Waals surface area contributed by atoms with Gasteiger partial charge >= 0.3 is 6.09 Å². The maximum absolute atomic E-state index is 12.3. The predicted octanol–water partition coefficient (Wildman–Crippen LogP) is 3.02. The van der Waals surface area contributed by atoms with Gasteiger partial charge in [0.15, 0.2) is 0 Å². The van der Waals surface area contributed by atoms with Crippen molar-refractivity contribution in [2.75, 3.05) is 6.54 Å². The summed E-state index contributed by atoms with van der Waals surface area (Å²) in [5.74, 6) is 0. The number of nitrogens with zero attached hydrogens (tertiary/aromatic N) is 1. The first-order valence-electron chi connectivity index (χ1n) is 9.26. The highest BCUT2D eigenvalue weighted by Crippen LogP contribution is 2.25. The molecule has 2 rings (SSSR count). The van der Waals surface area contributed by atoms with Crippen LogP contribution in [0, 0.1) is 0 Å². The maximum Gasteiger partial charge on any atom is 0.410 e. The van der Waals surface area contributed by atoms with E-state index in [2.05, 4.69) is 12.2 Å². The molecule has 2 aliphatic rings. The summed E-state index contributed by atoms with van der Waals surface area (Å²) >= 11 is 0. The van der Waals surface area contributed by atoms with Gasteiger partial charge in [0.2, 0.25) is 0 Å². The highest BCUT2D eigenvalue weighted by molar-refractivity contribution is 5.68. The van der Waals surface area contributed by atoms with Crippen LogP contribution in [0.25, 0.3) is 0 Å². The van der Waals surface area contributed by atoms with Crippen LogP contribution in [0.3, 0.4) is 0 Å². The van der Waals surface area contributed by atoms with Crippen LogP contribution in [0.5, 0.6) is 0 Å². The maximum atomic E-state index is 12.3. The molecule has 2 fully saturated rings. The second-order valence-corrected chi connectivity index (χ2v) is 8.38. The van der Waals surface area contributed by atoms with Crippen LogP contribution in [0.15, 0.2) is 0 Å². The summed E-state index contributed by atoms with van der Waals surface area (Å²) in [4.78, 5) is 14.3. The van der Waals surface area contributed by atoms with E-state index in [0.717, 1.165) is 38.6 Å². The largest absolute Gasteiger partial charge is 0.444 e. The van der Waals surface area contributed by atoms with Crippen molar-refractivity contribution in [3.05, 3.63) is 0 Å². The molecule has 2 unspecified atom stereocenters. The predicted molar refractivity (Wildman–Crippen MR) is 93.4 cm³/mol. The number of likely N-dealkylation sites (tertiary alicyclic amines) is 1. The highest BCUT2D eigenvalue weighted by Gasteiger charge is 2.33. The molecule has 0 bridgehead atoms. The molecule has 0 aromatic carbocycles. The second-order valence-electron chi connectivity index (χ2n) is 8.38. The Balaban J connectivity index is 1.79. The Morgan fingerprint density at radius 2 is 1.91 bits per heavy atom. The van der Waals surface area contributed by atoms with Crippen LogP contribution in [0.1, 0.15) is 72.6 Å². The number of carbonyl (C=O) groups is 1. The Morgan fingerprint density at radius 1 is 1.26 bits per heavy atom. The highest BCUT2D eigenvalue weighted by atomic mass is 16.6. The number of ether oxygens (including phenoxy) is 1. The summed E-state index contributed by atoms with van der Waals surface area (Å²) in [7, 11) is 0. The molecule has 134 valence electrons. The SMILES string of the molecule is CC(CC1CCCN1C(=O)OC(C)(C)C)NC1CCC(N)CC1. The van der Waals surface area contributed by atoms with Crippen molar-refractivity contribution < 1.29 is 9.53 Å². The van der Waals surface area contributed by atoms with Gasteiger partial charge in [-0.25, -0.2) is 4.79 Å². The van der Waals surface area contributed by atoms with Gasteiger partial charge in [-0.1, -0.05) is 0 Å². The van der Waals surface area contributed by atoms with E-state index in [1.165, 1.54) is 12.8 Å². The lowest BCUT2D eigenvalue weighted by Gasteiger charge is -2.33. The lowest BCUT2D eigenvalue weighted by Crippen LogP contribution is -2.46. The number of nitrogens with two attached hydrogens (primary N) is 1. The van der Waals surface area contributed by atoms with E-state index >= 15 is 0 Å². The Labute approximate surface area is 141 Å². The smallest absolute Gasteiger partial charge is 0.410 e. The van der Waals surface area contributed by atoms with Crippen molar-refractivity contribution in [1.82, 2.24) is 10.2 Å². The Kier molecular flexibility index (Phi) is 6.32. The Hall–Kier alpha value is -0.810. The van der Waals surface area contributed by atoms with Crippen LogP contribution < -0.4 is 11.1 Å². The average Bonchev–Trinajstić information content (AvgIpc) is 2.87. The molecule has 0 radical (unpaired) electrons. The zero-order chi connectivity index (χ0) is 17.0. The summed E-state index contributed by atoms with van der Waals surface area (Å²) in [6.45, 7) is 8.83. The molecule has 2 atom stereocenters. The van der Waals surface area contributed by atoms with E-state index in [1.54, 1.807) is 0 Å². The van der Waals surface area contributed by atoms with Crippen LogP contribution in [-0.4, -0.2) is 47.3 Å². The number of nitrogens with one attached hydrogen (secondary N) is 1. The fourth-order valence-corrected chi connectivity index (χ4v) is 3.81. The fraction of sp³-hybridized carbons (Fsp3) is 0.944. The zero-order valence-electron chi connectivity index (χ0n) is 15.3. The number of hydrogen-bond acceptors (Lipinski definition) is 4. The minimum atomic E-state index is -0.422. The molecule has 1 aliphatic carbocycles. The third-order valence-electron chi connectivity index (χ3n) is 4.92. The van der Waals surface area contributed by atoms with Crippen molar-refractivity contribution in [3.8, 4) is 0 Å². The van der Waals surface area contributed by atoms with Crippen molar-refractivity contribution in [2.45, 2.75) is 102 Å². The summed E-state index contributed by atoms with van der Waals surface area (Å²) in [6, 6.07) is 1.70. The van der Waals surface area contributed by atoms with E-state index in [4.69, 9.17) is 10.5 Å². The van der Waals surface area contributed by atoms with Crippen molar-refractivity contribution in [1.29, 1.82) is 0 Å². The minimum absolute atomic E-state index is 0.157. The van der Waals surface area contributed by atoms with E-state index in [0.29, 0.717) is 24.2 Å². The topological polar surface area (TPSA) is 67.6 Å². The van der Waals surface area contributed by atoms with Gasteiger partial charge < -0.3 is 20.7 Å². The quantitative estimate of drug-likeness (QED) is 0.834. The Bertz CT molecular complexity index is 386. The molecule has 1 aliphatic heterocycles. The molecule has 1 amide bonds. The molecule has 5 heteroatoms. The van der Waals surface area contributed by atoms with Crippen molar-refractivity contribution in [3.63, 3.8) is 0 Å². The van der Waals surface area contributed by atoms with Crippen LogP contribution in [-0.2, 0) is 4.74 Å². The lowest BCUT2D eigenvalue weighted by atomic mass is 9.91. The summed E-state index contributed by atoms with van der Waals surface area (Å²) in [5, 5.41) is 3.74. The van der Waals surface area contributed by atoms with Crippen LogP contribution in [0.4, 0.5) is 4.79 Å². The van der Waals surface area contributed by atoms with E-state index < -0.39 is 5.60 Å². The monoisotopic (exact) mass is 325 g/mol. The number of rotatable bonds is 4. The van der Waals surface area contributed by atoms with Crippen LogP contribution >= 0.6 is 0 Å². The first-order valence-corrected chi connectivity index (χ1v) is 9.26. The molecule has 1 heterocycles. The number of carbonyl (C=O) groups excluding carboxylic acids is 1. The van der Waals surface area contributed by atoms with E-state index in [9.17, 15) is 4.79 Å². The van der Waals surface area contributed by atoms with Gasteiger partial charge in [0, 0.05) is 30.7 Å². The third-order valence-corrected chi connectivity index (χ3v) is 4.92. The molecule has 1 saturated heterocycles. The summed E-state index contributed by atoms with van der Waals surface area (Å²) in [5.41, 5.74) is 5.55. The number of hydrogen-bond donors (Lipinski definition) is 2. The average molecular weight is 325 g/mol. The normalized spacial score (nSPS) is 30.3. The van der Waals surface area contributed by atoms with Crippen molar-refractivity contribution >= 4 is 6.09 Å². The fourth-order valence-electron chi connectivity index (χ4n) is 3.81. The second kappa shape index (κ2) is 7.84. The van der Waals surface area contributed by atoms with E-state index in [1.807, 2.05) is 25.7 Å². The molecule has 1 saturated carbocycles. The Morgan fingerprint density at radius 3 is 2.52 bits per heavy atom. The van der Waals surface area contributed by atoms with Gasteiger partial charge in [-0.2, -0.15) is 0 Å². The van der Waals surface area contributed by atoms with Gasteiger partial charge in [0.05, 0.1) is 0 Å². The third kappa shape index (κ3) is 5.96. The van der Waals surface area contributed by atoms with Gasteiger partial charge in [-0.3, -0.25) is 0 Å². The zero-order valence-corrected chi connectivity index (χ0v) is 15.3. The minimum Gasteiger partial charge on any atom is -0.444 e. The van der Waals surface area contributed by atoms with Crippen LogP contribution in [0.2, 0.25) is 0 Å². The van der Waals surface area contributed by atoms with Gasteiger partial charge in [0.25, 0.3) is 0 Å². The first kappa shape index (κ1) is 18.5.